The van der Waals surface area contributed by atoms with Crippen molar-refractivity contribution < 1.29 is 98.1 Å². The van der Waals surface area contributed by atoms with Crippen molar-refractivity contribution in [1.29, 1.82) is 1.34 Å². The molecule has 741 valence electrons. The number of rotatable bonds is 26. The van der Waals surface area contributed by atoms with Crippen molar-refractivity contribution in [3.8, 4) is 45.0 Å². The van der Waals surface area contributed by atoms with Crippen molar-refractivity contribution in [1.82, 2.24) is 84.8 Å². The van der Waals surface area contributed by atoms with Crippen molar-refractivity contribution in [2.45, 2.75) is 28.2 Å². The molecule has 12 aromatic rings. The van der Waals surface area contributed by atoms with Crippen LogP contribution in [-0.2, 0) is 28.7 Å². The van der Waals surface area contributed by atoms with E-state index in [-0.39, 0.29) is 105 Å². The van der Waals surface area contributed by atoms with Gasteiger partial charge in [0.1, 0.15) is 0 Å². The molecule has 0 aliphatic carbocycles. The van der Waals surface area contributed by atoms with E-state index in [2.05, 4.69) is 76.7 Å². The van der Waals surface area contributed by atoms with Crippen LogP contribution in [-0.4, -0.2) is 309 Å². The normalized spacial score (nSPS) is 13.3. The van der Waals surface area contributed by atoms with E-state index in [1.54, 1.807) is 104 Å². The van der Waals surface area contributed by atoms with Crippen molar-refractivity contribution in [3.63, 3.8) is 0 Å². The van der Waals surface area contributed by atoms with Crippen molar-refractivity contribution in [2.75, 3.05) is 179 Å². The monoisotopic (exact) mass is 2020 g/mol. The third-order valence-electron chi connectivity index (χ3n) is 21.2. The van der Waals surface area contributed by atoms with Gasteiger partial charge in [0.2, 0.25) is 29.7 Å². The number of carbonyl (C=O) groups excluding carboxylic acids is 6. The van der Waals surface area contributed by atoms with Gasteiger partial charge in [0.25, 0.3) is 25.7 Å². The molecule has 4 aromatic heterocycles. The molecule has 1 radical (unpaired) electrons. The van der Waals surface area contributed by atoms with Crippen LogP contribution in [0.2, 0.25) is 20.1 Å². The number of esters is 2. The zero-order valence-corrected chi connectivity index (χ0v) is 83.6. The number of nitrogens with zero attached hydrogens (tertiary/aromatic N) is 15. The summed E-state index contributed by atoms with van der Waals surface area (Å²) in [7, 11) is 1.88. The number of carboxylic acids is 2. The van der Waals surface area contributed by atoms with E-state index in [4.69, 9.17) is 78.2 Å². The van der Waals surface area contributed by atoms with Crippen LogP contribution in [0, 0.1) is 0 Å². The maximum atomic E-state index is 12.9. The van der Waals surface area contributed by atoms with Crippen LogP contribution in [0.5, 0.6) is 0 Å². The molecule has 12 N–H and O–H groups in total. The standard InChI is InChI=1S/C25H26ClN5O3.C24H25ClN6O2.C23H22ClN5O3.C17H12ClN3O2.C8H16N2O2.C2H7N.CH4.BH2O.Na.H2O/c1-2-34-23(32)17-30-13-15-31(16-14-30)24(33)19-5-9-21(10-6-19)28-25-27-12-11-22(29-25)18-3-7-20(26)8-4-18;1-26-22(32)16-30-12-14-31(15-13-30)23(33)18-4-8-20(9-5-18)28-24-27-11-10-21(29-24)17-2-6-19(25)7-3-17;24-18-5-1-16(2-6-18)20-9-10-25-23(27-20)26-19-7-3-17(4-8-19)22(32)29-13-11-28(12-14-29)15-21(30)31;18-13-5-1-11(2-6-13)15-9-10-19-17(21-15)20-14-7-3-12(4-8-14)16(22)23;1-2-12-8(11)7-10-5-3-9-4-6-10;1-2-3;;1-2;;/h3-12H,2,13-17H2,1H3,(H,27,28,29);2-11H,12-16H2,1H3,(H,26,32)(H,27,28,29);1-10H,11-15H2,(H,30,31)(H,25,26,27);1-10H,(H,22,23)(H,19,20,21);9H,2-7H2,1H3;2-3H2,1H3;1H4;1-2H;;1H2/q;;;;;;;;+1;/p-1/i;;;;;;;1T;;. The number of anilines is 8. The Morgan fingerprint density at radius 3 is 0.866 bits per heavy atom. The molecule has 8 aromatic carbocycles. The van der Waals surface area contributed by atoms with E-state index in [0.717, 1.165) is 94.8 Å². The molecule has 4 amide bonds. The van der Waals surface area contributed by atoms with Gasteiger partial charge >= 0.3 is 53.4 Å². The number of piperazine rings is 4. The van der Waals surface area contributed by atoms with E-state index in [0.29, 0.717) is 171 Å². The summed E-state index contributed by atoms with van der Waals surface area (Å²) >= 11 is 23.8. The van der Waals surface area contributed by atoms with Gasteiger partial charge in [0.15, 0.2) is 0 Å². The Bertz CT molecular complexity index is 5960. The summed E-state index contributed by atoms with van der Waals surface area (Å²) in [6.45, 7) is 19.1. The molecular weight excluding hydrogens is 1910 g/mol. The number of likely N-dealkylation sites (N-methyl/N-ethyl adjacent to an activating group) is 1. The third-order valence-corrected chi connectivity index (χ3v) is 22.3. The summed E-state index contributed by atoms with van der Waals surface area (Å²) in [6, 6.07) is 65.1. The smallest absolute Gasteiger partial charge is 0.870 e. The summed E-state index contributed by atoms with van der Waals surface area (Å²) < 4.78 is 15.5. The molecule has 142 heavy (non-hydrogen) atoms. The number of carbonyl (C=O) groups is 8. The van der Waals surface area contributed by atoms with E-state index >= 15 is 0 Å². The minimum atomic E-state index is -0.961. The molecule has 16 rings (SSSR count). The molecule has 4 fully saturated rings. The first-order valence-electron chi connectivity index (χ1n) is 45.2. The molecule has 8 heterocycles. The second-order valence-electron chi connectivity index (χ2n) is 31.0. The molecular formula is C100H115BCl4N22NaO14. The van der Waals surface area contributed by atoms with Crippen LogP contribution >= 0.6 is 46.4 Å². The quantitative estimate of drug-likeness (QED) is 0.0178. The zero-order valence-electron chi connectivity index (χ0n) is 79.6. The Morgan fingerprint density at radius 2 is 0.627 bits per heavy atom. The number of aliphatic carboxylic acids is 1. The molecule has 0 bridgehead atoms. The fraction of sp³-hybridized carbons (Fsp3) is 0.280. The van der Waals surface area contributed by atoms with Gasteiger partial charge in [-0.1, -0.05) is 109 Å². The van der Waals surface area contributed by atoms with E-state index in [1.807, 2.05) is 184 Å². The van der Waals surface area contributed by atoms with Crippen LogP contribution in [0.3, 0.4) is 0 Å². The number of nitrogens with one attached hydrogen (secondary N) is 6. The van der Waals surface area contributed by atoms with Gasteiger partial charge in [0, 0.05) is 220 Å². The number of nitrogens with two attached hydrogens (primary N) is 1. The first kappa shape index (κ1) is 114. The first-order valence-corrected chi connectivity index (χ1v) is 46.1. The largest absolute Gasteiger partial charge is 1.00 e. The summed E-state index contributed by atoms with van der Waals surface area (Å²) in [5, 5.41) is 46.0. The van der Waals surface area contributed by atoms with Crippen molar-refractivity contribution in [2.24, 2.45) is 5.73 Å². The maximum absolute atomic E-state index is 12.9. The van der Waals surface area contributed by atoms with Gasteiger partial charge < -0.3 is 82.5 Å². The Labute approximate surface area is 869 Å². The Hall–Kier alpha value is -13.1. The minimum Gasteiger partial charge on any atom is -0.870 e. The molecule has 4 aliphatic rings. The van der Waals surface area contributed by atoms with Gasteiger partial charge in [0.05, 0.1) is 67.7 Å². The fourth-order valence-electron chi connectivity index (χ4n) is 14.1. The van der Waals surface area contributed by atoms with Crippen molar-refractivity contribution >= 4 is 148 Å². The average Bonchev–Trinajstić information content (AvgIpc) is 0.802. The minimum absolute atomic E-state index is 0. The maximum Gasteiger partial charge on any atom is 1.00 e. The molecule has 36 nitrogen and oxygen atoms in total. The number of carboxylic acid groups (broad SMARTS) is 2. The van der Waals surface area contributed by atoms with E-state index in [9.17, 15) is 38.4 Å². The zero-order chi connectivity index (χ0) is 100. The molecule has 0 saturated carbocycles. The third kappa shape index (κ3) is 38.4. The number of amides is 4. The van der Waals surface area contributed by atoms with Crippen LogP contribution < -0.4 is 67.2 Å². The molecule has 0 spiro atoms. The Morgan fingerprint density at radius 1 is 0.387 bits per heavy atom. The second kappa shape index (κ2) is 61.6. The summed E-state index contributed by atoms with van der Waals surface area (Å²) in [4.78, 5) is 143. The molecule has 0 unspecified atom stereocenters. The van der Waals surface area contributed by atoms with Crippen LogP contribution in [0.1, 0.15) is 69.6 Å². The van der Waals surface area contributed by atoms with Gasteiger partial charge in [-0.15, -0.1) is 0 Å². The average molecular weight is 2030 g/mol. The molecule has 4 aliphatic heterocycles. The topological polar surface area (TPSA) is 470 Å². The van der Waals surface area contributed by atoms with Gasteiger partial charge in [-0.05, 0) is 190 Å². The van der Waals surface area contributed by atoms with Crippen LogP contribution in [0.25, 0.3) is 45.0 Å². The molecule has 4 saturated heterocycles. The SMILES string of the molecule is C.CCN.CCOC(=O)CN1CCN(C(=O)c2ccc(Nc3nccc(-c4ccc(Cl)cc4)n3)cc2)CC1.CCOC(=O)CN1CCNCC1.CNC(=O)CN1CCN(C(=O)c2ccc(Nc3nccc(-c4ccc(Cl)cc4)n3)cc2)CC1.O=C(O)CN1CCN(C(=O)c2ccc(Nc3nccc(-c4ccc(Cl)cc4)n3)cc2)CC1.O=C(O)c1ccc(Nc2nccc(-c3ccc(Cl)cc3)n2)cc1.[3H][B]O.[Na+].[OH-]. The number of aromatic nitrogens is 8. The number of hydrogen-bond donors (Lipinski definition) is 10. The number of aromatic carboxylic acids is 1. The Balaban J connectivity index is 0.000000244. The predicted molar refractivity (Wildman–Crippen MR) is 550 cm³/mol. The number of halogens is 4. The van der Waals surface area contributed by atoms with E-state index in [1.165, 1.54) is 12.1 Å². The fourth-order valence-corrected chi connectivity index (χ4v) is 14.6. The second-order valence-corrected chi connectivity index (χ2v) is 32.8. The van der Waals surface area contributed by atoms with Crippen LogP contribution in [0.4, 0.5) is 46.5 Å². The van der Waals surface area contributed by atoms with Gasteiger partial charge in [-0.3, -0.25) is 53.2 Å². The van der Waals surface area contributed by atoms with Crippen LogP contribution in [0.15, 0.2) is 243 Å². The van der Waals surface area contributed by atoms with Gasteiger partial charge in [-0.25, -0.2) is 44.7 Å². The number of benzene rings is 8. The summed E-state index contributed by atoms with van der Waals surface area (Å²) in [5.41, 5.74) is 16.8. The number of ether oxygens (including phenoxy) is 2. The molecule has 0 atom stereocenters. The Kier molecular flexibility index (Phi) is 49.6. The molecule has 42 heteroatoms. The van der Waals surface area contributed by atoms with Gasteiger partial charge in [-0.2, -0.15) is 0 Å². The van der Waals surface area contributed by atoms with E-state index < -0.39 is 11.9 Å². The van der Waals surface area contributed by atoms with Crippen molar-refractivity contribution in [3.05, 3.63) is 286 Å². The predicted octanol–water partition coefficient (Wildman–Crippen LogP) is 10.2. The summed E-state index contributed by atoms with van der Waals surface area (Å²) in [5.74, 6) is -0.455. The number of hydrogen-bond acceptors (Lipinski definition) is 30. The first-order chi connectivity index (χ1) is 67.8. The summed E-state index contributed by atoms with van der Waals surface area (Å²) in [6.07, 6.45) is 6.73.